The predicted octanol–water partition coefficient (Wildman–Crippen LogP) is 3.42. The molecule has 4 heteroatoms. The first-order chi connectivity index (χ1) is 8.16. The standard InChI is InChI=1S/C13H17BrFNO/c1-9(16-11-3-2-6-17-8-11)10-4-5-13(15)12(14)7-10/h4-5,7,9,11,16H,2-3,6,8H2,1H3. The Morgan fingerprint density at radius 2 is 2.35 bits per heavy atom. The van der Waals surface area contributed by atoms with Gasteiger partial charge in [0.25, 0.3) is 0 Å². The molecule has 1 aromatic carbocycles. The molecule has 1 heterocycles. The molecule has 2 nitrogen and oxygen atoms in total. The van der Waals surface area contributed by atoms with Gasteiger partial charge in [0.15, 0.2) is 0 Å². The highest BCUT2D eigenvalue weighted by molar-refractivity contribution is 9.10. The number of halogens is 2. The number of hydrogen-bond donors (Lipinski definition) is 1. The highest BCUT2D eigenvalue weighted by Crippen LogP contribution is 2.22. The van der Waals surface area contributed by atoms with E-state index in [2.05, 4.69) is 28.2 Å². The highest BCUT2D eigenvalue weighted by atomic mass is 79.9. The van der Waals surface area contributed by atoms with Crippen LogP contribution in [0.25, 0.3) is 0 Å². The summed E-state index contributed by atoms with van der Waals surface area (Å²) in [6.45, 7) is 3.73. The molecule has 1 aliphatic rings. The number of nitrogens with one attached hydrogen (secondary N) is 1. The van der Waals surface area contributed by atoms with Gasteiger partial charge in [-0.1, -0.05) is 6.07 Å². The molecule has 0 bridgehead atoms. The summed E-state index contributed by atoms with van der Waals surface area (Å²) in [4.78, 5) is 0. The molecular formula is C13H17BrFNO. The molecule has 1 N–H and O–H groups in total. The van der Waals surface area contributed by atoms with Crippen LogP contribution in [-0.4, -0.2) is 19.3 Å². The van der Waals surface area contributed by atoms with Gasteiger partial charge in [0.2, 0.25) is 0 Å². The fraction of sp³-hybridized carbons (Fsp3) is 0.538. The lowest BCUT2D eigenvalue weighted by atomic mass is 10.0. The molecular weight excluding hydrogens is 285 g/mol. The van der Waals surface area contributed by atoms with E-state index in [0.29, 0.717) is 10.5 Å². The average molecular weight is 302 g/mol. The number of ether oxygens (including phenoxy) is 1. The number of benzene rings is 1. The summed E-state index contributed by atoms with van der Waals surface area (Å²) in [5.74, 6) is -0.220. The Morgan fingerprint density at radius 3 is 3.00 bits per heavy atom. The highest BCUT2D eigenvalue weighted by Gasteiger charge is 2.17. The average Bonchev–Trinajstić information content (AvgIpc) is 2.34. The molecule has 0 aliphatic carbocycles. The summed E-state index contributed by atoms with van der Waals surface area (Å²) >= 11 is 3.21. The normalized spacial score (nSPS) is 22.4. The zero-order valence-corrected chi connectivity index (χ0v) is 11.5. The topological polar surface area (TPSA) is 21.3 Å². The van der Waals surface area contributed by atoms with E-state index in [9.17, 15) is 4.39 Å². The van der Waals surface area contributed by atoms with Crippen molar-refractivity contribution in [3.8, 4) is 0 Å². The van der Waals surface area contributed by atoms with Gasteiger partial charge in [-0.2, -0.15) is 0 Å². The third-order valence-electron chi connectivity index (χ3n) is 3.09. The van der Waals surface area contributed by atoms with E-state index in [-0.39, 0.29) is 11.9 Å². The summed E-state index contributed by atoms with van der Waals surface area (Å²) in [6, 6.07) is 5.76. The third-order valence-corrected chi connectivity index (χ3v) is 3.70. The second-order valence-electron chi connectivity index (χ2n) is 4.48. The van der Waals surface area contributed by atoms with E-state index in [4.69, 9.17) is 4.74 Å². The first kappa shape index (κ1) is 13.0. The first-order valence-corrected chi connectivity index (χ1v) is 6.75. The Morgan fingerprint density at radius 1 is 1.53 bits per heavy atom. The van der Waals surface area contributed by atoms with Gasteiger partial charge in [-0.3, -0.25) is 0 Å². The van der Waals surface area contributed by atoms with Gasteiger partial charge < -0.3 is 10.1 Å². The van der Waals surface area contributed by atoms with Gasteiger partial charge >= 0.3 is 0 Å². The van der Waals surface area contributed by atoms with Crippen LogP contribution in [0.4, 0.5) is 4.39 Å². The maximum atomic E-state index is 13.1. The Bertz CT molecular complexity index is 380. The van der Waals surface area contributed by atoms with Crippen LogP contribution >= 0.6 is 15.9 Å². The fourth-order valence-corrected chi connectivity index (χ4v) is 2.50. The first-order valence-electron chi connectivity index (χ1n) is 5.95. The second kappa shape index (κ2) is 5.94. The minimum Gasteiger partial charge on any atom is -0.380 e. The van der Waals surface area contributed by atoms with Crippen molar-refractivity contribution in [2.75, 3.05) is 13.2 Å². The summed E-state index contributed by atoms with van der Waals surface area (Å²) in [6.07, 6.45) is 2.25. The fourth-order valence-electron chi connectivity index (χ4n) is 2.10. The summed E-state index contributed by atoms with van der Waals surface area (Å²) in [5, 5.41) is 3.51. The van der Waals surface area contributed by atoms with Crippen molar-refractivity contribution in [3.05, 3.63) is 34.1 Å². The molecule has 1 aliphatic heterocycles. The Balaban J connectivity index is 1.98. The maximum absolute atomic E-state index is 13.1. The SMILES string of the molecule is CC(NC1CCCOC1)c1ccc(F)c(Br)c1. The lowest BCUT2D eigenvalue weighted by Crippen LogP contribution is -2.38. The molecule has 17 heavy (non-hydrogen) atoms. The summed E-state index contributed by atoms with van der Waals surface area (Å²) in [7, 11) is 0. The predicted molar refractivity (Wildman–Crippen MR) is 69.5 cm³/mol. The molecule has 0 spiro atoms. The van der Waals surface area contributed by atoms with Crippen LogP contribution in [0.3, 0.4) is 0 Å². The van der Waals surface area contributed by atoms with Gasteiger partial charge in [-0.05, 0) is 53.4 Å². The largest absolute Gasteiger partial charge is 0.380 e. The molecule has 1 fully saturated rings. The van der Waals surface area contributed by atoms with Crippen molar-refractivity contribution in [1.82, 2.24) is 5.32 Å². The molecule has 1 aromatic rings. The lowest BCUT2D eigenvalue weighted by molar-refractivity contribution is 0.0671. The molecule has 0 radical (unpaired) electrons. The van der Waals surface area contributed by atoms with Crippen LogP contribution in [0.15, 0.2) is 22.7 Å². The van der Waals surface area contributed by atoms with Gasteiger partial charge in [-0.15, -0.1) is 0 Å². The Hall–Kier alpha value is -0.450. The van der Waals surface area contributed by atoms with Crippen molar-refractivity contribution in [3.63, 3.8) is 0 Å². The Labute approximate surface area is 110 Å². The smallest absolute Gasteiger partial charge is 0.137 e. The van der Waals surface area contributed by atoms with E-state index in [1.807, 2.05) is 12.1 Å². The number of hydrogen-bond acceptors (Lipinski definition) is 2. The summed E-state index contributed by atoms with van der Waals surface area (Å²) in [5.41, 5.74) is 1.09. The van der Waals surface area contributed by atoms with Crippen LogP contribution in [0, 0.1) is 5.82 Å². The zero-order chi connectivity index (χ0) is 12.3. The quantitative estimate of drug-likeness (QED) is 0.924. The van der Waals surface area contributed by atoms with E-state index >= 15 is 0 Å². The molecule has 1 saturated heterocycles. The van der Waals surface area contributed by atoms with Gasteiger partial charge in [-0.25, -0.2) is 4.39 Å². The third kappa shape index (κ3) is 3.50. The van der Waals surface area contributed by atoms with Crippen LogP contribution < -0.4 is 5.32 Å². The van der Waals surface area contributed by atoms with E-state index in [1.54, 1.807) is 0 Å². The molecule has 2 atom stereocenters. The molecule has 2 unspecified atom stereocenters. The summed E-state index contributed by atoms with van der Waals surface area (Å²) < 4.78 is 19.1. The molecule has 0 saturated carbocycles. The molecule has 0 aromatic heterocycles. The molecule has 0 amide bonds. The van der Waals surface area contributed by atoms with Crippen molar-refractivity contribution in [2.24, 2.45) is 0 Å². The minimum absolute atomic E-state index is 0.207. The van der Waals surface area contributed by atoms with Gasteiger partial charge in [0.05, 0.1) is 11.1 Å². The number of rotatable bonds is 3. The van der Waals surface area contributed by atoms with Crippen LogP contribution in [0.2, 0.25) is 0 Å². The monoisotopic (exact) mass is 301 g/mol. The van der Waals surface area contributed by atoms with Crippen molar-refractivity contribution < 1.29 is 9.13 Å². The molecule has 94 valence electrons. The second-order valence-corrected chi connectivity index (χ2v) is 5.33. The van der Waals surface area contributed by atoms with Gasteiger partial charge in [0, 0.05) is 18.7 Å². The van der Waals surface area contributed by atoms with Gasteiger partial charge in [0.1, 0.15) is 5.82 Å². The Kier molecular flexibility index (Phi) is 4.54. The minimum atomic E-state index is -0.220. The van der Waals surface area contributed by atoms with Crippen molar-refractivity contribution in [2.45, 2.75) is 31.8 Å². The van der Waals surface area contributed by atoms with Crippen molar-refractivity contribution >= 4 is 15.9 Å². The van der Waals surface area contributed by atoms with Crippen LogP contribution in [0.5, 0.6) is 0 Å². The van der Waals surface area contributed by atoms with Crippen molar-refractivity contribution in [1.29, 1.82) is 0 Å². The maximum Gasteiger partial charge on any atom is 0.137 e. The van der Waals surface area contributed by atoms with E-state index in [0.717, 1.165) is 31.6 Å². The van der Waals surface area contributed by atoms with Crippen LogP contribution in [-0.2, 0) is 4.74 Å². The molecule has 2 rings (SSSR count). The van der Waals surface area contributed by atoms with E-state index in [1.165, 1.54) is 6.07 Å². The zero-order valence-electron chi connectivity index (χ0n) is 9.88. The van der Waals surface area contributed by atoms with E-state index < -0.39 is 0 Å². The van der Waals surface area contributed by atoms with Crippen LogP contribution in [0.1, 0.15) is 31.4 Å². The lowest BCUT2D eigenvalue weighted by Gasteiger charge is -2.27.